The van der Waals surface area contributed by atoms with Crippen molar-refractivity contribution in [3.8, 4) is 5.75 Å². The first-order valence-electron chi connectivity index (χ1n) is 6.66. The number of hydrogen-bond donors (Lipinski definition) is 1. The molecule has 0 atom stereocenters. The monoisotopic (exact) mass is 249 g/mol. The van der Waals surface area contributed by atoms with Crippen molar-refractivity contribution in [1.29, 1.82) is 0 Å². The van der Waals surface area contributed by atoms with E-state index in [1.54, 1.807) is 0 Å². The molecule has 0 amide bonds. The van der Waals surface area contributed by atoms with Crippen LogP contribution in [0.2, 0.25) is 0 Å². The largest absolute Gasteiger partial charge is 0.427 e. The second-order valence-corrected chi connectivity index (χ2v) is 4.88. The van der Waals surface area contributed by atoms with Crippen molar-refractivity contribution in [2.45, 2.75) is 40.0 Å². The summed E-state index contributed by atoms with van der Waals surface area (Å²) in [6.45, 7) is 7.14. The summed E-state index contributed by atoms with van der Waals surface area (Å²) in [5, 5.41) is 3.32. The third-order valence-corrected chi connectivity index (χ3v) is 2.52. The zero-order valence-electron chi connectivity index (χ0n) is 11.5. The van der Waals surface area contributed by atoms with Crippen molar-refractivity contribution in [3.05, 3.63) is 24.3 Å². The minimum Gasteiger partial charge on any atom is -0.427 e. The Hall–Kier alpha value is -1.51. The smallest absolute Gasteiger partial charge is 0.311 e. The van der Waals surface area contributed by atoms with Gasteiger partial charge in [-0.15, -0.1) is 0 Å². The maximum atomic E-state index is 11.5. The normalized spacial score (nSPS) is 10.4. The molecule has 1 N–H and O–H groups in total. The van der Waals surface area contributed by atoms with Crippen LogP contribution in [0.25, 0.3) is 0 Å². The predicted octanol–water partition coefficient (Wildman–Crippen LogP) is 3.85. The summed E-state index contributed by atoms with van der Waals surface area (Å²) in [7, 11) is 0. The van der Waals surface area contributed by atoms with Gasteiger partial charge in [-0.05, 0) is 36.6 Å². The van der Waals surface area contributed by atoms with Crippen LogP contribution in [0.15, 0.2) is 24.3 Å². The fourth-order valence-electron chi connectivity index (χ4n) is 1.56. The van der Waals surface area contributed by atoms with E-state index in [2.05, 4.69) is 12.2 Å². The van der Waals surface area contributed by atoms with Gasteiger partial charge in [0.05, 0.1) is 0 Å². The van der Waals surface area contributed by atoms with Crippen LogP contribution in [0, 0.1) is 5.92 Å². The molecular formula is C15H23NO2. The number of rotatable bonds is 7. The maximum absolute atomic E-state index is 11.5. The van der Waals surface area contributed by atoms with Crippen molar-refractivity contribution >= 4 is 11.7 Å². The first-order chi connectivity index (χ1) is 8.61. The van der Waals surface area contributed by atoms with Crippen LogP contribution in [0.3, 0.4) is 0 Å². The van der Waals surface area contributed by atoms with Crippen molar-refractivity contribution in [1.82, 2.24) is 0 Å². The topological polar surface area (TPSA) is 38.3 Å². The van der Waals surface area contributed by atoms with Crippen molar-refractivity contribution < 1.29 is 9.53 Å². The Balaban J connectivity index is 2.42. The van der Waals surface area contributed by atoms with Gasteiger partial charge in [0.15, 0.2) is 0 Å². The molecule has 0 aliphatic rings. The molecule has 0 unspecified atom stereocenters. The summed E-state index contributed by atoms with van der Waals surface area (Å²) in [6.07, 6.45) is 2.79. The van der Waals surface area contributed by atoms with Gasteiger partial charge in [0, 0.05) is 18.7 Å². The number of esters is 1. The molecule has 3 heteroatoms. The van der Waals surface area contributed by atoms with E-state index in [1.807, 2.05) is 38.1 Å². The van der Waals surface area contributed by atoms with E-state index in [0.717, 1.165) is 18.7 Å². The molecule has 0 radical (unpaired) electrons. The zero-order valence-corrected chi connectivity index (χ0v) is 11.5. The lowest BCUT2D eigenvalue weighted by atomic mass is 10.1. The standard InChI is InChI=1S/C15H23NO2/c1-4-5-10-16-13-6-8-14(9-7-13)18-15(17)11-12(2)3/h6-9,12,16H,4-5,10-11H2,1-3H3. The fourth-order valence-corrected chi connectivity index (χ4v) is 1.56. The molecule has 1 aromatic rings. The lowest BCUT2D eigenvalue weighted by Gasteiger charge is -2.08. The first-order valence-corrected chi connectivity index (χ1v) is 6.66. The number of carbonyl (C=O) groups excluding carboxylic acids is 1. The number of unbranched alkanes of at least 4 members (excludes halogenated alkanes) is 1. The molecule has 100 valence electrons. The minimum absolute atomic E-state index is 0.170. The highest BCUT2D eigenvalue weighted by molar-refractivity contribution is 5.72. The van der Waals surface area contributed by atoms with Crippen molar-refractivity contribution in [3.63, 3.8) is 0 Å². The summed E-state index contributed by atoms with van der Waals surface area (Å²) >= 11 is 0. The Kier molecular flexibility index (Phi) is 6.26. The Bertz CT molecular complexity index is 357. The molecule has 0 heterocycles. The number of anilines is 1. The SMILES string of the molecule is CCCCNc1ccc(OC(=O)CC(C)C)cc1. The highest BCUT2D eigenvalue weighted by Crippen LogP contribution is 2.17. The molecule has 0 aromatic heterocycles. The van der Waals surface area contributed by atoms with E-state index in [1.165, 1.54) is 6.42 Å². The van der Waals surface area contributed by atoms with E-state index in [9.17, 15) is 4.79 Å². The molecule has 0 spiro atoms. The fraction of sp³-hybridized carbons (Fsp3) is 0.533. The minimum atomic E-state index is -0.170. The molecular weight excluding hydrogens is 226 g/mol. The van der Waals surface area contributed by atoms with Gasteiger partial charge < -0.3 is 10.1 Å². The van der Waals surface area contributed by atoms with Crippen LogP contribution < -0.4 is 10.1 Å². The van der Waals surface area contributed by atoms with Gasteiger partial charge in [0.25, 0.3) is 0 Å². The van der Waals surface area contributed by atoms with Crippen LogP contribution in [0.5, 0.6) is 5.75 Å². The quantitative estimate of drug-likeness (QED) is 0.453. The number of nitrogens with one attached hydrogen (secondary N) is 1. The Morgan fingerprint density at radius 3 is 2.50 bits per heavy atom. The number of hydrogen-bond acceptors (Lipinski definition) is 3. The summed E-state index contributed by atoms with van der Waals surface area (Å²) in [5.41, 5.74) is 1.06. The van der Waals surface area contributed by atoms with Crippen molar-refractivity contribution in [2.24, 2.45) is 5.92 Å². The van der Waals surface area contributed by atoms with E-state index < -0.39 is 0 Å². The van der Waals surface area contributed by atoms with Crippen LogP contribution in [-0.4, -0.2) is 12.5 Å². The van der Waals surface area contributed by atoms with Gasteiger partial charge in [0.1, 0.15) is 5.75 Å². The second-order valence-electron chi connectivity index (χ2n) is 4.88. The molecule has 0 aliphatic heterocycles. The highest BCUT2D eigenvalue weighted by Gasteiger charge is 2.07. The number of benzene rings is 1. The first kappa shape index (κ1) is 14.6. The van der Waals surface area contributed by atoms with Gasteiger partial charge in [-0.1, -0.05) is 27.2 Å². The lowest BCUT2D eigenvalue weighted by Crippen LogP contribution is -2.10. The van der Waals surface area contributed by atoms with Gasteiger partial charge in [-0.3, -0.25) is 4.79 Å². The molecule has 0 fully saturated rings. The molecule has 3 nitrogen and oxygen atoms in total. The molecule has 18 heavy (non-hydrogen) atoms. The van der Waals surface area contributed by atoms with Crippen molar-refractivity contribution in [2.75, 3.05) is 11.9 Å². The second kappa shape index (κ2) is 7.75. The van der Waals surface area contributed by atoms with Crippen LogP contribution in [0.1, 0.15) is 40.0 Å². The summed E-state index contributed by atoms with van der Waals surface area (Å²) in [6, 6.07) is 7.53. The van der Waals surface area contributed by atoms with Crippen LogP contribution in [0.4, 0.5) is 5.69 Å². The lowest BCUT2D eigenvalue weighted by molar-refractivity contribution is -0.135. The number of carbonyl (C=O) groups is 1. The van der Waals surface area contributed by atoms with Gasteiger partial charge in [0.2, 0.25) is 0 Å². The molecule has 0 saturated carbocycles. The maximum Gasteiger partial charge on any atom is 0.311 e. The Morgan fingerprint density at radius 2 is 1.94 bits per heavy atom. The van der Waals surface area contributed by atoms with E-state index in [-0.39, 0.29) is 5.97 Å². The number of ether oxygens (including phenoxy) is 1. The molecule has 1 rings (SSSR count). The van der Waals surface area contributed by atoms with Gasteiger partial charge in [-0.25, -0.2) is 0 Å². The molecule has 0 bridgehead atoms. The van der Waals surface area contributed by atoms with Gasteiger partial charge in [-0.2, -0.15) is 0 Å². The zero-order chi connectivity index (χ0) is 13.4. The van der Waals surface area contributed by atoms with E-state index in [4.69, 9.17) is 4.74 Å². The average Bonchev–Trinajstić information content (AvgIpc) is 2.30. The summed E-state index contributed by atoms with van der Waals surface area (Å²) < 4.78 is 5.24. The third-order valence-electron chi connectivity index (χ3n) is 2.52. The predicted molar refractivity (Wildman–Crippen MR) is 74.9 cm³/mol. The van der Waals surface area contributed by atoms with E-state index >= 15 is 0 Å². The van der Waals surface area contributed by atoms with Gasteiger partial charge >= 0.3 is 5.97 Å². The summed E-state index contributed by atoms with van der Waals surface area (Å²) in [5.74, 6) is 0.769. The summed E-state index contributed by atoms with van der Waals surface area (Å²) in [4.78, 5) is 11.5. The third kappa shape index (κ3) is 5.71. The molecule has 1 aromatic carbocycles. The van der Waals surface area contributed by atoms with Crippen LogP contribution in [-0.2, 0) is 4.79 Å². The Labute approximate surface area is 110 Å². The highest BCUT2D eigenvalue weighted by atomic mass is 16.5. The molecule has 0 aliphatic carbocycles. The Morgan fingerprint density at radius 1 is 1.28 bits per heavy atom. The van der Waals surface area contributed by atoms with Crippen LogP contribution >= 0.6 is 0 Å². The van der Waals surface area contributed by atoms with E-state index in [0.29, 0.717) is 18.1 Å². The molecule has 0 saturated heterocycles. The average molecular weight is 249 g/mol.